The number of nitrogens with one attached hydrogen (secondary N) is 2. The maximum atomic E-state index is 10.1. The molecule has 0 radical (unpaired) electrons. The van der Waals surface area contributed by atoms with Gasteiger partial charge in [-0.3, -0.25) is 4.79 Å². The van der Waals surface area contributed by atoms with Crippen molar-refractivity contribution in [1.82, 2.24) is 10.6 Å². The summed E-state index contributed by atoms with van der Waals surface area (Å²) in [5.74, 6) is 0. The van der Waals surface area contributed by atoms with E-state index in [-0.39, 0.29) is 0 Å². The van der Waals surface area contributed by atoms with Crippen LogP contribution in [0.3, 0.4) is 0 Å². The first-order chi connectivity index (χ1) is 6.36. The van der Waals surface area contributed by atoms with Crippen molar-refractivity contribution < 1.29 is 4.79 Å². The van der Waals surface area contributed by atoms with Crippen LogP contribution < -0.4 is 10.6 Å². The fourth-order valence-corrected chi connectivity index (χ4v) is 1.70. The molecule has 1 fully saturated rings. The van der Waals surface area contributed by atoms with Crippen LogP contribution in [0, 0.1) is 0 Å². The highest BCUT2D eigenvalue weighted by Gasteiger charge is 2.19. The third kappa shape index (κ3) is 4.88. The zero-order chi connectivity index (χ0) is 10.1. The molecule has 1 aliphatic carbocycles. The molecule has 0 aliphatic heterocycles. The summed E-state index contributed by atoms with van der Waals surface area (Å²) in [6.45, 7) is 4.00. The standard InChI is InChI=1S/C8H16N2O.C2H6/c1-9-7-3-2-4-8(5-7)10-6-11;1-2/h6-9H,2-5H2,1H3,(H,10,11);1-2H3. The second kappa shape index (κ2) is 8.05. The molecule has 2 N–H and O–H groups in total. The van der Waals surface area contributed by atoms with Gasteiger partial charge in [-0.05, 0) is 32.7 Å². The minimum atomic E-state index is 0.402. The summed E-state index contributed by atoms with van der Waals surface area (Å²) in [5.41, 5.74) is 0. The highest BCUT2D eigenvalue weighted by atomic mass is 16.1. The molecule has 13 heavy (non-hydrogen) atoms. The number of carbonyl (C=O) groups is 1. The summed E-state index contributed by atoms with van der Waals surface area (Å²) in [7, 11) is 1.98. The van der Waals surface area contributed by atoms with Gasteiger partial charge in [-0.15, -0.1) is 0 Å². The van der Waals surface area contributed by atoms with Crippen LogP contribution in [-0.2, 0) is 4.79 Å². The molecule has 3 heteroatoms. The van der Waals surface area contributed by atoms with E-state index < -0.39 is 0 Å². The van der Waals surface area contributed by atoms with E-state index in [4.69, 9.17) is 0 Å². The lowest BCUT2D eigenvalue weighted by Gasteiger charge is -2.28. The van der Waals surface area contributed by atoms with E-state index in [2.05, 4.69) is 10.6 Å². The van der Waals surface area contributed by atoms with Crippen molar-refractivity contribution in [2.45, 2.75) is 51.6 Å². The number of hydrogen-bond donors (Lipinski definition) is 2. The van der Waals surface area contributed by atoms with Crippen molar-refractivity contribution >= 4 is 6.41 Å². The van der Waals surface area contributed by atoms with Crippen molar-refractivity contribution in [2.24, 2.45) is 0 Å². The van der Waals surface area contributed by atoms with Gasteiger partial charge in [0.05, 0.1) is 0 Å². The maximum absolute atomic E-state index is 10.1. The summed E-state index contributed by atoms with van der Waals surface area (Å²) in [4.78, 5) is 10.1. The van der Waals surface area contributed by atoms with E-state index in [9.17, 15) is 4.79 Å². The molecule has 0 bridgehead atoms. The van der Waals surface area contributed by atoms with E-state index in [1.165, 1.54) is 12.8 Å². The van der Waals surface area contributed by atoms with Crippen LogP contribution in [0.1, 0.15) is 39.5 Å². The average molecular weight is 186 g/mol. The highest BCUT2D eigenvalue weighted by Crippen LogP contribution is 2.17. The molecule has 1 saturated carbocycles. The van der Waals surface area contributed by atoms with E-state index in [1.54, 1.807) is 0 Å². The van der Waals surface area contributed by atoms with Crippen LogP contribution in [0.15, 0.2) is 0 Å². The van der Waals surface area contributed by atoms with E-state index in [0.29, 0.717) is 12.1 Å². The molecule has 78 valence electrons. The zero-order valence-corrected chi connectivity index (χ0v) is 8.97. The molecular formula is C10H22N2O. The lowest BCUT2D eigenvalue weighted by atomic mass is 9.91. The molecule has 2 atom stereocenters. The molecule has 0 heterocycles. The smallest absolute Gasteiger partial charge is 0.207 e. The van der Waals surface area contributed by atoms with Crippen LogP contribution in [0.5, 0.6) is 0 Å². The van der Waals surface area contributed by atoms with Crippen LogP contribution in [0.2, 0.25) is 0 Å². The van der Waals surface area contributed by atoms with Gasteiger partial charge in [-0.1, -0.05) is 13.8 Å². The summed E-state index contributed by atoms with van der Waals surface area (Å²) in [5, 5.41) is 6.06. The number of carbonyl (C=O) groups excluding carboxylic acids is 1. The van der Waals surface area contributed by atoms with Gasteiger partial charge in [0.25, 0.3) is 0 Å². The molecular weight excluding hydrogens is 164 g/mol. The third-order valence-electron chi connectivity index (χ3n) is 2.39. The van der Waals surface area contributed by atoms with Crippen LogP contribution in [0.25, 0.3) is 0 Å². The van der Waals surface area contributed by atoms with E-state index in [1.807, 2.05) is 20.9 Å². The summed E-state index contributed by atoms with van der Waals surface area (Å²) >= 11 is 0. The predicted octanol–water partition coefficient (Wildman–Crippen LogP) is 1.29. The van der Waals surface area contributed by atoms with E-state index in [0.717, 1.165) is 19.3 Å². The van der Waals surface area contributed by atoms with Crippen molar-refractivity contribution in [3.8, 4) is 0 Å². The van der Waals surface area contributed by atoms with Crippen LogP contribution in [-0.4, -0.2) is 25.5 Å². The monoisotopic (exact) mass is 186 g/mol. The van der Waals surface area contributed by atoms with Crippen molar-refractivity contribution in [2.75, 3.05) is 7.05 Å². The molecule has 3 nitrogen and oxygen atoms in total. The Labute approximate surface area is 81.3 Å². The zero-order valence-electron chi connectivity index (χ0n) is 8.97. The Morgan fingerprint density at radius 3 is 2.38 bits per heavy atom. The maximum Gasteiger partial charge on any atom is 0.207 e. The lowest BCUT2D eigenvalue weighted by molar-refractivity contribution is -0.110. The number of rotatable bonds is 3. The first kappa shape index (κ1) is 12.4. The second-order valence-corrected chi connectivity index (χ2v) is 3.13. The van der Waals surface area contributed by atoms with Gasteiger partial charge in [-0.25, -0.2) is 0 Å². The molecule has 0 saturated heterocycles. The predicted molar refractivity (Wildman–Crippen MR) is 55.7 cm³/mol. The molecule has 1 rings (SSSR count). The van der Waals surface area contributed by atoms with Gasteiger partial charge >= 0.3 is 0 Å². The fraction of sp³-hybridized carbons (Fsp3) is 0.900. The van der Waals surface area contributed by atoms with Crippen LogP contribution in [0.4, 0.5) is 0 Å². The largest absolute Gasteiger partial charge is 0.356 e. The quantitative estimate of drug-likeness (QED) is 0.652. The van der Waals surface area contributed by atoms with Gasteiger partial charge in [0.15, 0.2) is 0 Å². The lowest BCUT2D eigenvalue weighted by Crippen LogP contribution is -2.40. The Kier molecular flexibility index (Phi) is 7.69. The Morgan fingerprint density at radius 1 is 1.23 bits per heavy atom. The van der Waals surface area contributed by atoms with Gasteiger partial charge in [0.2, 0.25) is 6.41 Å². The minimum Gasteiger partial charge on any atom is -0.356 e. The molecule has 0 aromatic heterocycles. The number of amides is 1. The average Bonchev–Trinajstić information content (AvgIpc) is 2.22. The van der Waals surface area contributed by atoms with E-state index >= 15 is 0 Å². The Morgan fingerprint density at radius 2 is 1.85 bits per heavy atom. The first-order valence-corrected chi connectivity index (χ1v) is 5.23. The summed E-state index contributed by atoms with van der Waals surface area (Å²) < 4.78 is 0. The molecule has 0 aromatic carbocycles. The normalized spacial score (nSPS) is 27.0. The molecule has 0 spiro atoms. The minimum absolute atomic E-state index is 0.402. The van der Waals surface area contributed by atoms with Crippen molar-refractivity contribution in [3.63, 3.8) is 0 Å². The van der Waals surface area contributed by atoms with Crippen molar-refractivity contribution in [1.29, 1.82) is 0 Å². The van der Waals surface area contributed by atoms with Gasteiger partial charge < -0.3 is 10.6 Å². The third-order valence-corrected chi connectivity index (χ3v) is 2.39. The summed E-state index contributed by atoms with van der Waals surface area (Å²) in [6.07, 6.45) is 5.49. The first-order valence-electron chi connectivity index (χ1n) is 5.23. The SMILES string of the molecule is CC.CNC1CCCC(NC=O)C1. The highest BCUT2D eigenvalue weighted by molar-refractivity contribution is 5.46. The topological polar surface area (TPSA) is 41.1 Å². The number of hydrogen-bond acceptors (Lipinski definition) is 2. The Hall–Kier alpha value is -0.570. The molecule has 1 aliphatic rings. The van der Waals surface area contributed by atoms with Gasteiger partial charge in [-0.2, -0.15) is 0 Å². The molecule has 0 aromatic rings. The molecule has 1 amide bonds. The van der Waals surface area contributed by atoms with Crippen LogP contribution >= 0.6 is 0 Å². The fourth-order valence-electron chi connectivity index (χ4n) is 1.70. The Bertz CT molecular complexity index is 128. The van der Waals surface area contributed by atoms with Crippen molar-refractivity contribution in [3.05, 3.63) is 0 Å². The molecule has 2 unspecified atom stereocenters. The summed E-state index contributed by atoms with van der Waals surface area (Å²) in [6, 6.07) is 1.000. The Balaban J connectivity index is 0.000000671. The van der Waals surface area contributed by atoms with Gasteiger partial charge in [0, 0.05) is 12.1 Å². The second-order valence-electron chi connectivity index (χ2n) is 3.13. The van der Waals surface area contributed by atoms with Gasteiger partial charge in [0.1, 0.15) is 0 Å².